The summed E-state index contributed by atoms with van der Waals surface area (Å²) < 4.78 is 7.53. The van der Waals surface area contributed by atoms with Gasteiger partial charge in [-0.2, -0.15) is 5.10 Å². The molecule has 3 aromatic rings. The molecule has 3 rings (SSSR count). The van der Waals surface area contributed by atoms with E-state index in [0.717, 1.165) is 34.1 Å². The van der Waals surface area contributed by atoms with Gasteiger partial charge in [-0.3, -0.25) is 4.68 Å². The number of halogens is 2. The largest absolute Gasteiger partial charge is 0.492 e. The van der Waals surface area contributed by atoms with Crippen LogP contribution >= 0.6 is 35.4 Å². The maximum Gasteiger partial charge on any atom is 0.175 e. The summed E-state index contributed by atoms with van der Waals surface area (Å²) in [6.07, 6.45) is 0. The summed E-state index contributed by atoms with van der Waals surface area (Å²) in [6.45, 7) is 6.99. The van der Waals surface area contributed by atoms with Gasteiger partial charge in [0.05, 0.1) is 35.9 Å². The third kappa shape index (κ3) is 5.21. The second kappa shape index (κ2) is 9.48. The van der Waals surface area contributed by atoms with Gasteiger partial charge in [-0.1, -0.05) is 41.4 Å². The summed E-state index contributed by atoms with van der Waals surface area (Å²) in [4.78, 5) is 0. The van der Waals surface area contributed by atoms with Crippen molar-refractivity contribution in [2.75, 3.05) is 17.2 Å². The highest BCUT2D eigenvalue weighted by atomic mass is 35.5. The van der Waals surface area contributed by atoms with E-state index in [1.54, 1.807) is 6.07 Å². The third-order valence-corrected chi connectivity index (χ3v) is 5.18. The summed E-state index contributed by atoms with van der Waals surface area (Å²) in [5.41, 5.74) is 4.41. The van der Waals surface area contributed by atoms with Crippen molar-refractivity contribution < 1.29 is 4.74 Å². The number of para-hydroxylation sites is 2. The molecular weight excluding hydrogens is 427 g/mol. The van der Waals surface area contributed by atoms with Crippen LogP contribution in [0, 0.1) is 13.8 Å². The molecule has 0 bridgehead atoms. The fraction of sp³-hybridized carbons (Fsp3) is 0.238. The van der Waals surface area contributed by atoms with Gasteiger partial charge >= 0.3 is 0 Å². The molecule has 29 heavy (non-hydrogen) atoms. The lowest BCUT2D eigenvalue weighted by Gasteiger charge is -2.14. The Kier molecular flexibility index (Phi) is 7.00. The first-order valence-electron chi connectivity index (χ1n) is 9.16. The molecule has 0 atom stereocenters. The summed E-state index contributed by atoms with van der Waals surface area (Å²) in [6, 6.07) is 13.1. The van der Waals surface area contributed by atoms with Crippen LogP contribution in [-0.2, 0) is 6.54 Å². The fourth-order valence-electron chi connectivity index (χ4n) is 2.96. The number of ether oxygens (including phenoxy) is 1. The quantitative estimate of drug-likeness (QED) is 0.448. The molecule has 0 spiro atoms. The molecule has 8 heteroatoms. The summed E-state index contributed by atoms with van der Waals surface area (Å²) >= 11 is 17.8. The number of hydrogen-bond acceptors (Lipinski definition) is 3. The molecule has 0 amide bonds. The molecule has 0 saturated carbocycles. The zero-order valence-electron chi connectivity index (χ0n) is 16.4. The Labute approximate surface area is 186 Å². The molecule has 5 nitrogen and oxygen atoms in total. The number of anilines is 2. The zero-order valence-corrected chi connectivity index (χ0v) is 18.8. The predicted molar refractivity (Wildman–Crippen MR) is 125 cm³/mol. The van der Waals surface area contributed by atoms with Gasteiger partial charge < -0.3 is 15.4 Å². The molecular formula is C21H22Cl2N4OS. The van der Waals surface area contributed by atoms with Crippen molar-refractivity contribution in [3.8, 4) is 5.75 Å². The lowest BCUT2D eigenvalue weighted by atomic mass is 10.2. The van der Waals surface area contributed by atoms with Gasteiger partial charge in [0.2, 0.25) is 0 Å². The van der Waals surface area contributed by atoms with Crippen molar-refractivity contribution in [1.82, 2.24) is 9.78 Å². The van der Waals surface area contributed by atoms with Crippen molar-refractivity contribution >= 4 is 51.9 Å². The standard InChI is InChI=1S/C21H22Cl2N4OS/c1-4-28-19-8-6-5-7-18(19)24-21(29)25-20-13(2)26-27(14(20)3)12-15-9-10-16(22)11-17(15)23/h5-11H,4,12H2,1-3H3,(H2,24,25,29). The van der Waals surface area contributed by atoms with E-state index in [-0.39, 0.29) is 0 Å². The molecule has 0 unspecified atom stereocenters. The maximum absolute atomic E-state index is 6.31. The molecule has 0 radical (unpaired) electrons. The van der Waals surface area contributed by atoms with Gasteiger partial charge in [-0.05, 0) is 62.8 Å². The van der Waals surface area contributed by atoms with Crippen molar-refractivity contribution in [3.63, 3.8) is 0 Å². The molecule has 2 N–H and O–H groups in total. The lowest BCUT2D eigenvalue weighted by molar-refractivity contribution is 0.342. The van der Waals surface area contributed by atoms with Crippen LogP contribution in [0.25, 0.3) is 0 Å². The highest BCUT2D eigenvalue weighted by Crippen LogP contribution is 2.26. The smallest absolute Gasteiger partial charge is 0.175 e. The Morgan fingerprint density at radius 3 is 2.62 bits per heavy atom. The predicted octanol–water partition coefficient (Wildman–Crippen LogP) is 6.06. The van der Waals surface area contributed by atoms with Crippen LogP contribution in [-0.4, -0.2) is 21.5 Å². The molecule has 152 valence electrons. The third-order valence-electron chi connectivity index (χ3n) is 4.39. The summed E-state index contributed by atoms with van der Waals surface area (Å²) in [5.74, 6) is 0.751. The van der Waals surface area contributed by atoms with E-state index in [1.165, 1.54) is 0 Å². The van der Waals surface area contributed by atoms with Crippen molar-refractivity contribution in [1.29, 1.82) is 0 Å². The van der Waals surface area contributed by atoms with Crippen LogP contribution in [0.15, 0.2) is 42.5 Å². The monoisotopic (exact) mass is 448 g/mol. The molecule has 0 saturated heterocycles. The van der Waals surface area contributed by atoms with E-state index in [0.29, 0.717) is 28.3 Å². The van der Waals surface area contributed by atoms with E-state index >= 15 is 0 Å². The van der Waals surface area contributed by atoms with Gasteiger partial charge in [-0.15, -0.1) is 0 Å². The molecule has 1 aromatic heterocycles. The first-order chi connectivity index (χ1) is 13.9. The van der Waals surface area contributed by atoms with E-state index in [1.807, 2.05) is 61.9 Å². The number of aryl methyl sites for hydroxylation is 1. The molecule has 2 aromatic carbocycles. The second-order valence-electron chi connectivity index (χ2n) is 6.45. The molecule has 0 aliphatic rings. The molecule has 0 aliphatic heterocycles. The van der Waals surface area contributed by atoms with Crippen molar-refractivity contribution in [3.05, 3.63) is 69.5 Å². The minimum atomic E-state index is 0.465. The fourth-order valence-corrected chi connectivity index (χ4v) is 3.64. The first kappa shape index (κ1) is 21.4. The summed E-state index contributed by atoms with van der Waals surface area (Å²) in [5, 5.41) is 12.8. The Hall–Kier alpha value is -2.28. The summed E-state index contributed by atoms with van der Waals surface area (Å²) in [7, 11) is 0. The van der Waals surface area contributed by atoms with E-state index in [4.69, 9.17) is 40.2 Å². The Morgan fingerprint density at radius 2 is 1.90 bits per heavy atom. The second-order valence-corrected chi connectivity index (χ2v) is 7.70. The number of nitrogens with zero attached hydrogens (tertiary/aromatic N) is 2. The van der Waals surface area contributed by atoms with E-state index in [2.05, 4.69) is 15.7 Å². The molecule has 0 fully saturated rings. The Bertz CT molecular complexity index is 1040. The maximum atomic E-state index is 6.31. The normalized spacial score (nSPS) is 10.7. The highest BCUT2D eigenvalue weighted by molar-refractivity contribution is 7.80. The topological polar surface area (TPSA) is 51.1 Å². The number of benzene rings is 2. The van der Waals surface area contributed by atoms with E-state index in [9.17, 15) is 0 Å². The van der Waals surface area contributed by atoms with Crippen LogP contribution in [0.3, 0.4) is 0 Å². The van der Waals surface area contributed by atoms with E-state index < -0.39 is 0 Å². The van der Waals surface area contributed by atoms with Gasteiger partial charge in [0.1, 0.15) is 5.75 Å². The molecule has 1 heterocycles. The number of aromatic nitrogens is 2. The number of hydrogen-bond donors (Lipinski definition) is 2. The minimum absolute atomic E-state index is 0.465. The van der Waals surface area contributed by atoms with Crippen LogP contribution in [0.1, 0.15) is 23.9 Å². The highest BCUT2D eigenvalue weighted by Gasteiger charge is 2.15. The zero-order chi connectivity index (χ0) is 21.0. The SMILES string of the molecule is CCOc1ccccc1NC(=S)Nc1c(C)nn(Cc2ccc(Cl)cc2Cl)c1C. The van der Waals surface area contributed by atoms with Crippen molar-refractivity contribution in [2.45, 2.75) is 27.3 Å². The number of rotatable bonds is 6. The number of thiocarbonyl (C=S) groups is 1. The van der Waals surface area contributed by atoms with Crippen LogP contribution in [0.2, 0.25) is 10.0 Å². The Balaban J connectivity index is 1.76. The minimum Gasteiger partial charge on any atom is -0.492 e. The van der Waals surface area contributed by atoms with Crippen LogP contribution in [0.5, 0.6) is 5.75 Å². The Morgan fingerprint density at radius 1 is 1.14 bits per heavy atom. The van der Waals surface area contributed by atoms with Gasteiger partial charge in [-0.25, -0.2) is 0 Å². The first-order valence-corrected chi connectivity index (χ1v) is 10.3. The van der Waals surface area contributed by atoms with Crippen LogP contribution in [0.4, 0.5) is 11.4 Å². The lowest BCUT2D eigenvalue weighted by Crippen LogP contribution is -2.20. The van der Waals surface area contributed by atoms with Crippen molar-refractivity contribution in [2.24, 2.45) is 0 Å². The van der Waals surface area contributed by atoms with Gasteiger partial charge in [0.15, 0.2) is 5.11 Å². The van der Waals surface area contributed by atoms with Gasteiger partial charge in [0.25, 0.3) is 0 Å². The number of nitrogens with one attached hydrogen (secondary N) is 2. The average molecular weight is 449 g/mol. The average Bonchev–Trinajstić information content (AvgIpc) is 2.93. The van der Waals surface area contributed by atoms with Crippen LogP contribution < -0.4 is 15.4 Å². The van der Waals surface area contributed by atoms with Gasteiger partial charge in [0, 0.05) is 10.0 Å². The molecule has 0 aliphatic carbocycles.